The summed E-state index contributed by atoms with van der Waals surface area (Å²) in [6, 6.07) is 1.88. The van der Waals surface area contributed by atoms with Gasteiger partial charge in [0.2, 0.25) is 6.79 Å². The number of halogens is 17. The van der Waals surface area contributed by atoms with E-state index in [1.54, 1.807) is 0 Å². The fourth-order valence-electron chi connectivity index (χ4n) is 2.49. The number of amides is 1. The van der Waals surface area contributed by atoms with Gasteiger partial charge in [-0.1, -0.05) is 0 Å². The van der Waals surface area contributed by atoms with Crippen LogP contribution < -0.4 is 14.8 Å². The molecule has 21 heteroatoms. The molecule has 0 bridgehead atoms. The Labute approximate surface area is 191 Å². The van der Waals surface area contributed by atoms with Crippen LogP contribution in [-0.4, -0.2) is 60.3 Å². The number of nitrogens with one attached hydrogen (secondary N) is 1. The monoisotopic (exact) mass is 583 g/mol. The quantitative estimate of drug-likeness (QED) is 0.363. The van der Waals surface area contributed by atoms with Crippen molar-refractivity contribution in [3.8, 4) is 11.5 Å². The van der Waals surface area contributed by atoms with E-state index in [1.165, 1.54) is 0 Å². The number of fused-ring (bicyclic) bond motifs is 1. The first-order chi connectivity index (χ1) is 16.2. The van der Waals surface area contributed by atoms with Crippen LogP contribution in [0.1, 0.15) is 0 Å². The number of hydrogen-bond acceptors (Lipinski definition) is 3. The van der Waals surface area contributed by atoms with Crippen LogP contribution in [0.4, 0.5) is 80.3 Å². The van der Waals surface area contributed by atoms with E-state index in [4.69, 9.17) is 4.74 Å². The largest absolute Gasteiger partial charge is 0.460 e. The maximum absolute atomic E-state index is 13.9. The van der Waals surface area contributed by atoms with Gasteiger partial charge in [-0.3, -0.25) is 4.79 Å². The molecule has 0 aromatic heterocycles. The molecule has 0 fully saturated rings. The van der Waals surface area contributed by atoms with Gasteiger partial charge in [-0.25, -0.2) is 0 Å². The van der Waals surface area contributed by atoms with Gasteiger partial charge < -0.3 is 14.8 Å². The molecule has 0 saturated carbocycles. The highest BCUT2D eigenvalue weighted by Crippen LogP contribution is 2.64. The Kier molecular flexibility index (Phi) is 6.80. The van der Waals surface area contributed by atoms with Crippen LogP contribution >= 0.6 is 0 Å². The lowest BCUT2D eigenvalue weighted by Gasteiger charge is -2.42. The number of carbonyl (C=O) groups excluding carboxylic acids is 1. The summed E-state index contributed by atoms with van der Waals surface area (Å²) >= 11 is 0. The third kappa shape index (κ3) is 4.03. The minimum Gasteiger partial charge on any atom is -0.454 e. The fraction of sp³-hybridized carbons (Fsp3) is 0.562. The summed E-state index contributed by atoms with van der Waals surface area (Å²) in [4.78, 5) is 11.5. The molecule has 0 unspecified atom stereocenters. The van der Waals surface area contributed by atoms with Gasteiger partial charge in [-0.15, -0.1) is 0 Å². The number of carbonyl (C=O) groups is 1. The van der Waals surface area contributed by atoms with Gasteiger partial charge >= 0.3 is 53.5 Å². The summed E-state index contributed by atoms with van der Waals surface area (Å²) in [7, 11) is 0. The SMILES string of the molecule is O=C(Nc1ccc2c(c1)OCO2)C(F)(F)C(F)(F)C(F)(F)C(F)(F)C(F)(F)C(F)(F)C(F)(F)C(F)(F)F. The van der Waals surface area contributed by atoms with Crippen LogP contribution in [0.2, 0.25) is 0 Å². The molecule has 0 aliphatic carbocycles. The van der Waals surface area contributed by atoms with Crippen molar-refractivity contribution in [1.82, 2.24) is 0 Å². The number of alkyl halides is 17. The van der Waals surface area contributed by atoms with Gasteiger partial charge in [-0.2, -0.15) is 74.6 Å². The molecular weight excluding hydrogens is 577 g/mol. The second kappa shape index (κ2) is 8.30. The van der Waals surface area contributed by atoms with Crippen LogP contribution in [-0.2, 0) is 4.79 Å². The molecule has 1 aromatic rings. The number of ether oxygens (including phenoxy) is 2. The standard InChI is InChI=1S/C16H6F17NO3/c17-9(18,8(35)34-5-1-2-6-7(3-5)37-4-36-6)10(19,20)11(21,22)12(23,24)13(25,26)14(27,28)15(29,30)16(31,32)33/h1-3H,4H2,(H,34,35). The molecule has 1 aliphatic rings. The van der Waals surface area contributed by atoms with Gasteiger partial charge in [-0.05, 0) is 12.1 Å². The lowest BCUT2D eigenvalue weighted by Crippen LogP contribution is -2.75. The third-order valence-electron chi connectivity index (χ3n) is 4.64. The van der Waals surface area contributed by atoms with E-state index >= 15 is 0 Å². The summed E-state index contributed by atoms with van der Waals surface area (Å²) < 4.78 is 234. The van der Waals surface area contributed by atoms with Gasteiger partial charge in [0.1, 0.15) is 0 Å². The Hall–Kier alpha value is -2.90. The van der Waals surface area contributed by atoms with Gasteiger partial charge in [0.15, 0.2) is 11.5 Å². The summed E-state index contributed by atoms with van der Waals surface area (Å²) in [6.07, 6.45) is -7.84. The number of rotatable bonds is 8. The van der Waals surface area contributed by atoms with Crippen LogP contribution in [0.15, 0.2) is 18.2 Å². The summed E-state index contributed by atoms with van der Waals surface area (Å²) in [6.45, 7) is -0.492. The highest BCUT2D eigenvalue weighted by molar-refractivity contribution is 5.97. The van der Waals surface area contributed by atoms with E-state index < -0.39 is 66.0 Å². The molecule has 1 aliphatic heterocycles. The molecular formula is C16H6F17NO3. The van der Waals surface area contributed by atoms with E-state index in [9.17, 15) is 79.4 Å². The molecule has 0 spiro atoms. The first kappa shape index (κ1) is 30.3. The van der Waals surface area contributed by atoms with Gasteiger partial charge in [0.05, 0.1) is 0 Å². The van der Waals surface area contributed by atoms with Crippen molar-refractivity contribution in [2.75, 3.05) is 12.1 Å². The second-order valence-corrected chi connectivity index (χ2v) is 7.04. The molecule has 0 saturated heterocycles. The molecule has 4 nitrogen and oxygen atoms in total. The lowest BCUT2D eigenvalue weighted by atomic mass is 9.89. The second-order valence-electron chi connectivity index (χ2n) is 7.04. The highest BCUT2D eigenvalue weighted by Gasteiger charge is 2.95. The van der Waals surface area contributed by atoms with Crippen LogP contribution in [0.25, 0.3) is 0 Å². The van der Waals surface area contributed by atoms with Crippen molar-refractivity contribution in [2.45, 2.75) is 47.6 Å². The Balaban J connectivity index is 2.49. The molecule has 1 heterocycles. The number of anilines is 1. The zero-order valence-corrected chi connectivity index (χ0v) is 16.6. The van der Waals surface area contributed by atoms with Gasteiger partial charge in [0.25, 0.3) is 0 Å². The van der Waals surface area contributed by atoms with Crippen LogP contribution in [0.5, 0.6) is 11.5 Å². The molecule has 1 amide bonds. The normalized spacial score (nSPS) is 16.1. The molecule has 2 rings (SSSR count). The highest BCUT2D eigenvalue weighted by atomic mass is 19.4. The molecule has 0 radical (unpaired) electrons. The summed E-state index contributed by atoms with van der Waals surface area (Å²) in [5.41, 5.74) is -1.01. The Morgan fingerprint density at radius 2 is 1.00 bits per heavy atom. The topological polar surface area (TPSA) is 47.6 Å². The van der Waals surface area contributed by atoms with Crippen LogP contribution in [0, 0.1) is 0 Å². The zero-order valence-electron chi connectivity index (χ0n) is 16.6. The molecule has 0 atom stereocenters. The Morgan fingerprint density at radius 3 is 1.46 bits per heavy atom. The number of benzene rings is 1. The zero-order chi connectivity index (χ0) is 29.3. The predicted octanol–water partition coefficient (Wildman–Crippen LogP) is 6.36. The smallest absolute Gasteiger partial charge is 0.454 e. The summed E-state index contributed by atoms with van der Waals surface area (Å²) in [5, 5.41) is 0.768. The molecule has 1 aromatic carbocycles. The van der Waals surface area contributed by atoms with E-state index in [1.807, 2.05) is 0 Å². The van der Waals surface area contributed by atoms with Gasteiger partial charge in [0, 0.05) is 11.8 Å². The minimum absolute atomic E-state index is 0.139. The molecule has 212 valence electrons. The van der Waals surface area contributed by atoms with E-state index in [0.29, 0.717) is 12.1 Å². The average molecular weight is 583 g/mol. The lowest BCUT2D eigenvalue weighted by molar-refractivity contribution is -0.459. The van der Waals surface area contributed by atoms with E-state index in [-0.39, 0.29) is 11.5 Å². The molecule has 37 heavy (non-hydrogen) atoms. The van der Waals surface area contributed by atoms with Crippen molar-refractivity contribution < 1.29 is 88.9 Å². The maximum Gasteiger partial charge on any atom is 0.460 e. The Bertz CT molecular complexity index is 1050. The van der Waals surface area contributed by atoms with Crippen molar-refractivity contribution in [1.29, 1.82) is 0 Å². The first-order valence-electron chi connectivity index (χ1n) is 8.64. The van der Waals surface area contributed by atoms with Crippen LogP contribution in [0.3, 0.4) is 0 Å². The fourth-order valence-corrected chi connectivity index (χ4v) is 2.49. The minimum atomic E-state index is -8.77. The Morgan fingerprint density at radius 1 is 0.595 bits per heavy atom. The van der Waals surface area contributed by atoms with Crippen molar-refractivity contribution in [3.63, 3.8) is 0 Å². The average Bonchev–Trinajstić information content (AvgIpc) is 3.19. The van der Waals surface area contributed by atoms with Crippen molar-refractivity contribution in [2.24, 2.45) is 0 Å². The third-order valence-corrected chi connectivity index (χ3v) is 4.64. The summed E-state index contributed by atoms with van der Waals surface area (Å²) in [5.74, 6) is -62.5. The number of hydrogen-bond donors (Lipinski definition) is 1. The van der Waals surface area contributed by atoms with E-state index in [0.717, 1.165) is 11.4 Å². The maximum atomic E-state index is 13.9. The van der Waals surface area contributed by atoms with Crippen molar-refractivity contribution in [3.05, 3.63) is 18.2 Å². The van der Waals surface area contributed by atoms with Crippen molar-refractivity contribution >= 4 is 11.6 Å². The molecule has 1 N–H and O–H groups in total. The first-order valence-corrected chi connectivity index (χ1v) is 8.64. The predicted molar refractivity (Wildman–Crippen MR) is 81.9 cm³/mol. The van der Waals surface area contributed by atoms with E-state index in [2.05, 4.69) is 4.74 Å².